The van der Waals surface area contributed by atoms with Gasteiger partial charge in [-0.1, -0.05) is 30.1 Å². The van der Waals surface area contributed by atoms with Crippen LogP contribution in [0.15, 0.2) is 17.2 Å². The van der Waals surface area contributed by atoms with Gasteiger partial charge in [0, 0.05) is 18.8 Å². The summed E-state index contributed by atoms with van der Waals surface area (Å²) in [6, 6.07) is 1.31. The lowest BCUT2D eigenvalue weighted by atomic mass is 10.0. The normalized spacial score (nSPS) is 13.1. The van der Waals surface area contributed by atoms with Gasteiger partial charge in [0.1, 0.15) is 10.0 Å². The second kappa shape index (κ2) is 5.33. The van der Waals surface area contributed by atoms with Crippen LogP contribution in [0.5, 0.6) is 0 Å². The summed E-state index contributed by atoms with van der Waals surface area (Å²) in [7, 11) is -2.08. The molecule has 0 N–H and O–H groups in total. The van der Waals surface area contributed by atoms with Crippen molar-refractivity contribution in [1.29, 1.82) is 0 Å². The molecule has 4 nitrogen and oxygen atoms in total. The van der Waals surface area contributed by atoms with Crippen molar-refractivity contribution < 1.29 is 8.42 Å². The molecule has 0 aliphatic carbocycles. The van der Waals surface area contributed by atoms with Crippen LogP contribution in [0.1, 0.15) is 27.2 Å². The maximum atomic E-state index is 12.4. The van der Waals surface area contributed by atoms with Crippen LogP contribution < -0.4 is 0 Å². The van der Waals surface area contributed by atoms with Gasteiger partial charge in [-0.3, -0.25) is 0 Å². The Morgan fingerprint density at radius 2 is 1.94 bits per heavy atom. The summed E-state index contributed by atoms with van der Waals surface area (Å²) in [6.07, 6.45) is 1.91. The Morgan fingerprint density at radius 1 is 1.39 bits per heavy atom. The van der Waals surface area contributed by atoms with Gasteiger partial charge in [0.15, 0.2) is 0 Å². The van der Waals surface area contributed by atoms with Gasteiger partial charge in [0.25, 0.3) is 0 Å². The third-order valence-electron chi connectivity index (χ3n) is 3.15. The number of aromatic nitrogens is 1. The summed E-state index contributed by atoms with van der Waals surface area (Å²) in [4.78, 5) is 3.81. The van der Waals surface area contributed by atoms with Gasteiger partial charge in [-0.15, -0.1) is 0 Å². The monoisotopic (exact) mass is 310 g/mol. The zero-order valence-electron chi connectivity index (χ0n) is 10.7. The smallest absolute Gasteiger partial charge is 0.242 e. The van der Waals surface area contributed by atoms with E-state index in [2.05, 4.69) is 4.98 Å². The van der Waals surface area contributed by atoms with Crippen molar-refractivity contribution in [3.63, 3.8) is 0 Å². The summed E-state index contributed by atoms with van der Waals surface area (Å²) in [6.45, 7) is 5.64. The largest absolute Gasteiger partial charge is 0.244 e. The van der Waals surface area contributed by atoms with Crippen LogP contribution in [0.3, 0.4) is 0 Å². The Labute approximate surface area is 118 Å². The van der Waals surface area contributed by atoms with E-state index in [9.17, 15) is 8.42 Å². The fraction of sp³-hybridized carbons (Fsp3) is 0.545. The zero-order chi connectivity index (χ0) is 14.1. The maximum Gasteiger partial charge on any atom is 0.244 e. The topological polar surface area (TPSA) is 50.3 Å². The van der Waals surface area contributed by atoms with E-state index in [0.717, 1.165) is 0 Å². The molecule has 0 unspecified atom stereocenters. The van der Waals surface area contributed by atoms with E-state index in [1.807, 2.05) is 20.8 Å². The molecule has 7 heteroatoms. The van der Waals surface area contributed by atoms with Crippen molar-refractivity contribution in [2.24, 2.45) is 0 Å². The van der Waals surface area contributed by atoms with Crippen molar-refractivity contribution in [3.05, 3.63) is 22.4 Å². The maximum absolute atomic E-state index is 12.4. The molecular weight excluding hydrogens is 295 g/mol. The van der Waals surface area contributed by atoms with Crippen LogP contribution in [0.25, 0.3) is 0 Å². The third kappa shape index (κ3) is 2.96. The molecule has 1 heterocycles. The highest BCUT2D eigenvalue weighted by Gasteiger charge is 2.33. The first kappa shape index (κ1) is 15.7. The molecule has 0 aromatic carbocycles. The summed E-state index contributed by atoms with van der Waals surface area (Å²) >= 11 is 11.5. The van der Waals surface area contributed by atoms with Crippen molar-refractivity contribution in [2.75, 3.05) is 7.05 Å². The minimum Gasteiger partial charge on any atom is -0.242 e. The highest BCUT2D eigenvalue weighted by Crippen LogP contribution is 2.28. The van der Waals surface area contributed by atoms with E-state index in [4.69, 9.17) is 23.2 Å². The molecule has 0 fully saturated rings. The Balaban J connectivity index is 3.26. The summed E-state index contributed by atoms with van der Waals surface area (Å²) < 4.78 is 26.1. The number of rotatable bonds is 4. The molecule has 0 amide bonds. The molecule has 18 heavy (non-hydrogen) atoms. The van der Waals surface area contributed by atoms with Crippen molar-refractivity contribution in [2.45, 2.75) is 37.6 Å². The van der Waals surface area contributed by atoms with Gasteiger partial charge in [-0.05, 0) is 26.3 Å². The number of hydrogen-bond donors (Lipinski definition) is 0. The van der Waals surface area contributed by atoms with Crippen LogP contribution >= 0.6 is 23.2 Å². The average Bonchev–Trinajstić information content (AvgIpc) is 2.31. The SMILES string of the molecule is CCC(C)(C)N(C)S(=O)(=O)c1cnc(Cl)c(Cl)c1. The number of nitrogens with zero attached hydrogens (tertiary/aromatic N) is 2. The third-order valence-corrected chi connectivity index (χ3v) is 5.87. The van der Waals surface area contributed by atoms with Crippen molar-refractivity contribution in [3.8, 4) is 0 Å². The quantitative estimate of drug-likeness (QED) is 0.802. The van der Waals surface area contributed by atoms with Gasteiger partial charge in [-0.2, -0.15) is 4.31 Å². The second-order valence-electron chi connectivity index (χ2n) is 4.58. The zero-order valence-corrected chi connectivity index (χ0v) is 13.1. The Bertz CT molecular complexity index is 544. The van der Waals surface area contributed by atoms with E-state index < -0.39 is 15.6 Å². The highest BCUT2D eigenvalue weighted by atomic mass is 35.5. The molecule has 0 saturated heterocycles. The molecule has 0 saturated carbocycles. The second-order valence-corrected chi connectivity index (χ2v) is 7.32. The van der Waals surface area contributed by atoms with Gasteiger partial charge >= 0.3 is 0 Å². The number of halogens is 2. The van der Waals surface area contributed by atoms with Gasteiger partial charge in [-0.25, -0.2) is 13.4 Å². The molecule has 0 aliphatic heterocycles. The molecule has 0 bridgehead atoms. The van der Waals surface area contributed by atoms with Crippen LogP contribution in [0, 0.1) is 0 Å². The predicted molar refractivity (Wildman–Crippen MR) is 73.6 cm³/mol. The standard InChI is InChI=1S/C11H16Cl2N2O2S/c1-5-11(2,3)15(4)18(16,17)8-6-9(12)10(13)14-7-8/h6-7H,5H2,1-4H3. The Hall–Kier alpha value is -0.360. The molecule has 1 aromatic heterocycles. The van der Waals surface area contributed by atoms with Crippen LogP contribution in [-0.4, -0.2) is 30.3 Å². The number of hydrogen-bond acceptors (Lipinski definition) is 3. The van der Waals surface area contributed by atoms with Gasteiger partial charge < -0.3 is 0 Å². The first-order valence-electron chi connectivity index (χ1n) is 5.43. The molecule has 0 spiro atoms. The molecule has 0 atom stereocenters. The van der Waals surface area contributed by atoms with Gasteiger partial charge in [0.05, 0.1) is 5.02 Å². The highest BCUT2D eigenvalue weighted by molar-refractivity contribution is 7.89. The Kier molecular flexibility index (Phi) is 4.65. The van der Waals surface area contributed by atoms with Crippen LogP contribution in [0.2, 0.25) is 10.2 Å². The molecule has 102 valence electrons. The summed E-state index contributed by atoms with van der Waals surface area (Å²) in [5.74, 6) is 0. The van der Waals surface area contributed by atoms with Crippen LogP contribution in [-0.2, 0) is 10.0 Å². The first-order chi connectivity index (χ1) is 8.13. The van der Waals surface area contributed by atoms with Crippen molar-refractivity contribution >= 4 is 33.2 Å². The minimum absolute atomic E-state index is 0.0425. The summed E-state index contributed by atoms with van der Waals surface area (Å²) in [5.41, 5.74) is -0.481. The fourth-order valence-corrected chi connectivity index (χ4v) is 3.13. The van der Waals surface area contributed by atoms with E-state index >= 15 is 0 Å². The molecule has 0 aliphatic rings. The van der Waals surface area contributed by atoms with E-state index in [0.29, 0.717) is 6.42 Å². The van der Waals surface area contributed by atoms with E-state index in [1.54, 1.807) is 7.05 Å². The lowest BCUT2D eigenvalue weighted by Gasteiger charge is -2.33. The number of pyridine rings is 1. The molecule has 1 rings (SSSR count). The molecular formula is C11H16Cl2N2O2S. The molecule has 0 radical (unpaired) electrons. The minimum atomic E-state index is -3.62. The van der Waals surface area contributed by atoms with E-state index in [-0.39, 0.29) is 15.1 Å². The number of sulfonamides is 1. The predicted octanol–water partition coefficient (Wildman–Crippen LogP) is 3.20. The molecule has 1 aromatic rings. The summed E-state index contributed by atoms with van der Waals surface area (Å²) in [5, 5.41) is 0.216. The van der Waals surface area contributed by atoms with Gasteiger partial charge in [0.2, 0.25) is 10.0 Å². The average molecular weight is 311 g/mol. The van der Waals surface area contributed by atoms with Crippen molar-refractivity contribution in [1.82, 2.24) is 9.29 Å². The fourth-order valence-electron chi connectivity index (χ4n) is 1.25. The lowest BCUT2D eigenvalue weighted by Crippen LogP contribution is -2.44. The van der Waals surface area contributed by atoms with Crippen LogP contribution in [0.4, 0.5) is 0 Å². The Morgan fingerprint density at radius 3 is 2.39 bits per heavy atom. The lowest BCUT2D eigenvalue weighted by molar-refractivity contribution is 0.257. The van der Waals surface area contributed by atoms with E-state index in [1.165, 1.54) is 16.6 Å². The first-order valence-corrected chi connectivity index (χ1v) is 7.62.